The molecule has 0 saturated heterocycles. The lowest BCUT2D eigenvalue weighted by molar-refractivity contribution is 0.0942. The van der Waals surface area contributed by atoms with Gasteiger partial charge in [0, 0.05) is 18.2 Å². The van der Waals surface area contributed by atoms with Crippen LogP contribution in [0, 0.1) is 0 Å². The minimum absolute atomic E-state index is 0.209. The Bertz CT molecular complexity index is 558. The van der Waals surface area contributed by atoms with Gasteiger partial charge in [-0.2, -0.15) is 0 Å². The monoisotopic (exact) mass is 257 g/mol. The van der Waals surface area contributed by atoms with Crippen molar-refractivity contribution in [2.75, 3.05) is 0 Å². The molecule has 4 heteroatoms. The maximum absolute atomic E-state index is 11.7. The van der Waals surface area contributed by atoms with Gasteiger partial charge in [-0.25, -0.2) is 5.84 Å². The molecule has 0 aliphatic rings. The van der Waals surface area contributed by atoms with E-state index in [9.17, 15) is 4.79 Å². The van der Waals surface area contributed by atoms with Crippen LogP contribution in [0.2, 0.25) is 0 Å². The van der Waals surface area contributed by atoms with Crippen molar-refractivity contribution in [3.05, 3.63) is 59.4 Å². The van der Waals surface area contributed by atoms with E-state index >= 15 is 0 Å². The van der Waals surface area contributed by atoms with Crippen molar-refractivity contribution in [1.29, 1.82) is 0 Å². The largest absolute Gasteiger partial charge is 0.338 e. The summed E-state index contributed by atoms with van der Waals surface area (Å²) in [4.78, 5) is 11.7. The molecule has 0 aliphatic heterocycles. The molecule has 1 aromatic heterocycles. The molecule has 0 aliphatic carbocycles. The van der Waals surface area contributed by atoms with E-state index in [-0.39, 0.29) is 11.9 Å². The van der Waals surface area contributed by atoms with Crippen molar-refractivity contribution in [2.24, 2.45) is 5.84 Å². The Morgan fingerprint density at radius 1 is 1.21 bits per heavy atom. The van der Waals surface area contributed by atoms with E-state index in [2.05, 4.69) is 31.4 Å². The first-order valence-electron chi connectivity index (χ1n) is 6.38. The molecule has 0 radical (unpaired) electrons. The molecule has 0 atom stereocenters. The number of nitrogens with two attached hydrogens (primary N) is 1. The first-order chi connectivity index (χ1) is 9.13. The number of aromatic nitrogens is 1. The number of carbonyl (C=O) groups is 1. The minimum Gasteiger partial charge on any atom is -0.338 e. The van der Waals surface area contributed by atoms with Crippen LogP contribution in [-0.2, 0) is 6.42 Å². The Kier molecular flexibility index (Phi) is 4.02. The Morgan fingerprint density at radius 3 is 2.47 bits per heavy atom. The van der Waals surface area contributed by atoms with Gasteiger partial charge in [-0.05, 0) is 31.5 Å². The number of rotatable bonds is 4. The lowest BCUT2D eigenvalue weighted by Gasteiger charge is -2.16. The molecule has 0 unspecified atom stereocenters. The SMILES string of the molecule is CC(C)n1c(Cc2ccccc2)ccc1C(=O)NN. The van der Waals surface area contributed by atoms with Gasteiger partial charge in [0.1, 0.15) is 5.69 Å². The molecule has 2 rings (SSSR count). The number of hydrogen-bond donors (Lipinski definition) is 2. The van der Waals surface area contributed by atoms with Gasteiger partial charge >= 0.3 is 0 Å². The van der Waals surface area contributed by atoms with Gasteiger partial charge in [0.25, 0.3) is 5.91 Å². The number of benzene rings is 1. The lowest BCUT2D eigenvalue weighted by atomic mass is 10.1. The third-order valence-electron chi connectivity index (χ3n) is 3.11. The molecular weight excluding hydrogens is 238 g/mol. The predicted molar refractivity (Wildman–Crippen MR) is 75.7 cm³/mol. The molecule has 1 heterocycles. The highest BCUT2D eigenvalue weighted by atomic mass is 16.2. The summed E-state index contributed by atoms with van der Waals surface area (Å²) in [6.07, 6.45) is 0.802. The van der Waals surface area contributed by atoms with Gasteiger partial charge < -0.3 is 4.57 Å². The zero-order valence-electron chi connectivity index (χ0n) is 11.3. The molecule has 19 heavy (non-hydrogen) atoms. The average molecular weight is 257 g/mol. The number of nitrogens with zero attached hydrogens (tertiary/aromatic N) is 1. The second-order valence-corrected chi connectivity index (χ2v) is 4.81. The fourth-order valence-corrected chi connectivity index (χ4v) is 2.31. The fourth-order valence-electron chi connectivity index (χ4n) is 2.31. The third-order valence-corrected chi connectivity index (χ3v) is 3.11. The van der Waals surface area contributed by atoms with Crippen LogP contribution in [-0.4, -0.2) is 10.5 Å². The van der Waals surface area contributed by atoms with E-state index in [1.165, 1.54) is 5.56 Å². The maximum atomic E-state index is 11.7. The molecule has 1 amide bonds. The average Bonchev–Trinajstić information content (AvgIpc) is 2.83. The Morgan fingerprint density at radius 2 is 1.89 bits per heavy atom. The van der Waals surface area contributed by atoms with Gasteiger partial charge in [-0.3, -0.25) is 10.2 Å². The summed E-state index contributed by atoms with van der Waals surface area (Å²) in [5.41, 5.74) is 5.13. The summed E-state index contributed by atoms with van der Waals surface area (Å²) in [5, 5.41) is 0. The van der Waals surface area contributed by atoms with Crippen LogP contribution in [0.3, 0.4) is 0 Å². The van der Waals surface area contributed by atoms with E-state index in [0.29, 0.717) is 5.69 Å². The van der Waals surface area contributed by atoms with Gasteiger partial charge in [0.2, 0.25) is 0 Å². The second kappa shape index (κ2) is 5.71. The summed E-state index contributed by atoms with van der Waals surface area (Å²) >= 11 is 0. The molecular formula is C15H19N3O. The molecule has 4 nitrogen and oxygen atoms in total. The van der Waals surface area contributed by atoms with Crippen LogP contribution < -0.4 is 11.3 Å². The van der Waals surface area contributed by atoms with E-state index < -0.39 is 0 Å². The molecule has 0 spiro atoms. The standard InChI is InChI=1S/C15H19N3O/c1-11(2)18-13(8-9-14(18)15(19)17-16)10-12-6-4-3-5-7-12/h3-9,11H,10,16H2,1-2H3,(H,17,19). The summed E-state index contributed by atoms with van der Waals surface area (Å²) in [6, 6.07) is 14.2. The number of carbonyl (C=O) groups excluding carboxylic acids is 1. The van der Waals surface area contributed by atoms with E-state index in [0.717, 1.165) is 12.1 Å². The predicted octanol–water partition coefficient (Wildman–Crippen LogP) is 2.26. The first kappa shape index (κ1) is 13.4. The summed E-state index contributed by atoms with van der Waals surface area (Å²) in [7, 11) is 0. The summed E-state index contributed by atoms with van der Waals surface area (Å²) < 4.78 is 2.02. The van der Waals surface area contributed by atoms with E-state index in [1.54, 1.807) is 0 Å². The van der Waals surface area contributed by atoms with E-state index in [1.807, 2.05) is 34.9 Å². The second-order valence-electron chi connectivity index (χ2n) is 4.81. The molecule has 2 aromatic rings. The molecule has 3 N–H and O–H groups in total. The molecule has 100 valence electrons. The molecule has 0 fully saturated rings. The quantitative estimate of drug-likeness (QED) is 0.501. The van der Waals surface area contributed by atoms with Gasteiger partial charge in [0.15, 0.2) is 0 Å². The highest BCUT2D eigenvalue weighted by Gasteiger charge is 2.16. The number of hydrogen-bond acceptors (Lipinski definition) is 2. The number of amides is 1. The normalized spacial score (nSPS) is 10.7. The zero-order valence-corrected chi connectivity index (χ0v) is 11.3. The van der Waals surface area contributed by atoms with Crippen molar-refractivity contribution >= 4 is 5.91 Å². The number of nitrogen functional groups attached to an aromatic ring is 1. The summed E-state index contributed by atoms with van der Waals surface area (Å²) in [5.74, 6) is 4.97. The van der Waals surface area contributed by atoms with E-state index in [4.69, 9.17) is 5.84 Å². The van der Waals surface area contributed by atoms with Crippen LogP contribution in [0.5, 0.6) is 0 Å². The topological polar surface area (TPSA) is 60.0 Å². The van der Waals surface area contributed by atoms with Gasteiger partial charge in [-0.15, -0.1) is 0 Å². The minimum atomic E-state index is -0.256. The molecule has 1 aromatic carbocycles. The van der Waals surface area contributed by atoms with Crippen molar-refractivity contribution in [3.8, 4) is 0 Å². The van der Waals surface area contributed by atoms with Crippen LogP contribution >= 0.6 is 0 Å². The number of hydrazine groups is 1. The van der Waals surface area contributed by atoms with Crippen molar-refractivity contribution in [1.82, 2.24) is 9.99 Å². The number of nitrogens with one attached hydrogen (secondary N) is 1. The van der Waals surface area contributed by atoms with Gasteiger partial charge in [-0.1, -0.05) is 30.3 Å². The van der Waals surface area contributed by atoms with Crippen LogP contribution in [0.4, 0.5) is 0 Å². The molecule has 0 bridgehead atoms. The van der Waals surface area contributed by atoms with Crippen LogP contribution in [0.15, 0.2) is 42.5 Å². The van der Waals surface area contributed by atoms with Gasteiger partial charge in [0.05, 0.1) is 0 Å². The van der Waals surface area contributed by atoms with Crippen molar-refractivity contribution in [3.63, 3.8) is 0 Å². The highest BCUT2D eigenvalue weighted by Crippen LogP contribution is 2.19. The van der Waals surface area contributed by atoms with Crippen LogP contribution in [0.1, 0.15) is 41.6 Å². The Balaban J connectivity index is 2.36. The lowest BCUT2D eigenvalue weighted by Crippen LogP contribution is -2.32. The van der Waals surface area contributed by atoms with Crippen molar-refractivity contribution in [2.45, 2.75) is 26.3 Å². The fraction of sp³-hybridized carbons (Fsp3) is 0.267. The first-order valence-corrected chi connectivity index (χ1v) is 6.38. The smallest absolute Gasteiger partial charge is 0.281 e. The van der Waals surface area contributed by atoms with Crippen molar-refractivity contribution < 1.29 is 4.79 Å². The Hall–Kier alpha value is -2.07. The summed E-state index contributed by atoms with van der Waals surface area (Å²) in [6.45, 7) is 4.11. The Labute approximate surface area is 113 Å². The highest BCUT2D eigenvalue weighted by molar-refractivity contribution is 5.92. The third kappa shape index (κ3) is 2.85. The zero-order chi connectivity index (χ0) is 13.8. The maximum Gasteiger partial charge on any atom is 0.281 e. The van der Waals surface area contributed by atoms with Crippen LogP contribution in [0.25, 0.3) is 0 Å². The molecule has 0 saturated carbocycles.